The molecule has 1 aliphatic rings. The fourth-order valence-electron chi connectivity index (χ4n) is 4.95. The Balaban J connectivity index is 1.67. The molecule has 0 aliphatic carbocycles. The molecule has 1 aliphatic heterocycles. The normalized spacial score (nSPS) is 15.6. The fraction of sp³-hybridized carbons (Fsp3) is 0.321. The number of nitrogens with one attached hydrogen (secondary N) is 1. The van der Waals surface area contributed by atoms with E-state index < -0.39 is 0 Å². The first kappa shape index (κ1) is 22.9. The van der Waals surface area contributed by atoms with E-state index in [4.69, 9.17) is 9.47 Å². The predicted octanol–water partition coefficient (Wildman–Crippen LogP) is 4.65. The van der Waals surface area contributed by atoms with E-state index in [1.165, 1.54) is 11.1 Å². The highest BCUT2D eigenvalue weighted by molar-refractivity contribution is 5.94. The molecule has 0 aromatic heterocycles. The Labute approximate surface area is 196 Å². The number of carbonyl (C=O) groups is 1. The lowest BCUT2D eigenvalue weighted by atomic mass is 9.69. The van der Waals surface area contributed by atoms with Gasteiger partial charge in [-0.25, -0.2) is 0 Å². The zero-order valence-corrected chi connectivity index (χ0v) is 19.6. The van der Waals surface area contributed by atoms with Gasteiger partial charge in [-0.05, 0) is 72.5 Å². The number of amides is 1. The summed E-state index contributed by atoms with van der Waals surface area (Å²) in [4.78, 5) is 14.6. The average Bonchev–Trinajstić information content (AvgIpc) is 2.88. The Hall–Kier alpha value is -3.31. The van der Waals surface area contributed by atoms with Crippen LogP contribution in [0.15, 0.2) is 72.8 Å². The van der Waals surface area contributed by atoms with Crippen LogP contribution in [-0.2, 0) is 12.0 Å². The molecule has 0 radical (unpaired) electrons. The Morgan fingerprint density at radius 3 is 2.09 bits per heavy atom. The van der Waals surface area contributed by atoms with Crippen LogP contribution in [0.4, 0.5) is 0 Å². The molecule has 0 unspecified atom stereocenters. The van der Waals surface area contributed by atoms with E-state index in [1.807, 2.05) is 42.5 Å². The SMILES string of the molecule is CNC(=O)c1cccc(CN2CCCC(c3ccc(OC)cc3)(c3ccc(OC)cc3)C2)c1. The van der Waals surface area contributed by atoms with Gasteiger partial charge in [-0.3, -0.25) is 9.69 Å². The van der Waals surface area contributed by atoms with Gasteiger partial charge < -0.3 is 14.8 Å². The van der Waals surface area contributed by atoms with Gasteiger partial charge in [0.25, 0.3) is 5.91 Å². The number of ether oxygens (including phenoxy) is 2. The summed E-state index contributed by atoms with van der Waals surface area (Å²) >= 11 is 0. The van der Waals surface area contributed by atoms with E-state index in [-0.39, 0.29) is 11.3 Å². The molecule has 172 valence electrons. The first-order valence-corrected chi connectivity index (χ1v) is 11.4. The van der Waals surface area contributed by atoms with E-state index >= 15 is 0 Å². The van der Waals surface area contributed by atoms with E-state index in [9.17, 15) is 4.79 Å². The molecule has 1 saturated heterocycles. The van der Waals surface area contributed by atoms with Crippen molar-refractivity contribution in [1.82, 2.24) is 10.2 Å². The molecule has 0 bridgehead atoms. The molecule has 33 heavy (non-hydrogen) atoms. The summed E-state index contributed by atoms with van der Waals surface area (Å²) in [5.41, 5.74) is 4.30. The van der Waals surface area contributed by atoms with Crippen LogP contribution >= 0.6 is 0 Å². The third-order valence-electron chi connectivity index (χ3n) is 6.68. The van der Waals surface area contributed by atoms with Crippen LogP contribution in [0.1, 0.15) is 39.9 Å². The highest BCUT2D eigenvalue weighted by Gasteiger charge is 2.38. The number of nitrogens with zero attached hydrogens (tertiary/aromatic N) is 1. The highest BCUT2D eigenvalue weighted by atomic mass is 16.5. The molecule has 4 rings (SSSR count). The number of hydrogen-bond acceptors (Lipinski definition) is 4. The summed E-state index contributed by atoms with van der Waals surface area (Å²) in [5.74, 6) is 1.67. The molecule has 5 heteroatoms. The van der Waals surface area contributed by atoms with Crippen molar-refractivity contribution in [1.29, 1.82) is 0 Å². The number of likely N-dealkylation sites (tertiary alicyclic amines) is 1. The number of rotatable bonds is 7. The van der Waals surface area contributed by atoms with Gasteiger partial charge in [0, 0.05) is 31.1 Å². The molecule has 1 N–H and O–H groups in total. The number of carbonyl (C=O) groups excluding carboxylic acids is 1. The van der Waals surface area contributed by atoms with Gasteiger partial charge in [-0.1, -0.05) is 36.4 Å². The second-order valence-electron chi connectivity index (χ2n) is 8.63. The first-order valence-electron chi connectivity index (χ1n) is 11.4. The van der Waals surface area contributed by atoms with Gasteiger partial charge in [-0.2, -0.15) is 0 Å². The first-order chi connectivity index (χ1) is 16.1. The molecule has 0 atom stereocenters. The molecular formula is C28H32N2O3. The lowest BCUT2D eigenvalue weighted by Gasteiger charge is -2.44. The molecule has 1 fully saturated rings. The predicted molar refractivity (Wildman–Crippen MR) is 131 cm³/mol. The van der Waals surface area contributed by atoms with Crippen molar-refractivity contribution in [2.45, 2.75) is 24.8 Å². The summed E-state index contributed by atoms with van der Waals surface area (Å²) in [6, 6.07) is 24.9. The third-order valence-corrected chi connectivity index (χ3v) is 6.68. The fourth-order valence-corrected chi connectivity index (χ4v) is 4.95. The molecule has 3 aromatic carbocycles. The van der Waals surface area contributed by atoms with Crippen molar-refractivity contribution in [3.63, 3.8) is 0 Å². The van der Waals surface area contributed by atoms with Crippen LogP contribution < -0.4 is 14.8 Å². The minimum absolute atomic E-state index is 0.0543. The smallest absolute Gasteiger partial charge is 0.251 e. The second-order valence-corrected chi connectivity index (χ2v) is 8.63. The standard InChI is InChI=1S/C28H32N2O3/c1-29-27(31)22-7-4-6-21(18-22)19-30-17-5-16-28(20-30,23-8-12-25(32-2)13-9-23)24-10-14-26(33-3)15-11-24/h4,6-15,18H,5,16-17,19-20H2,1-3H3,(H,29,31). The second kappa shape index (κ2) is 10.1. The zero-order valence-electron chi connectivity index (χ0n) is 19.6. The molecule has 3 aromatic rings. The van der Waals surface area contributed by atoms with Gasteiger partial charge in [0.1, 0.15) is 11.5 Å². The number of hydrogen-bond donors (Lipinski definition) is 1. The summed E-state index contributed by atoms with van der Waals surface area (Å²) in [5, 5.41) is 2.71. The van der Waals surface area contributed by atoms with Gasteiger partial charge in [0.05, 0.1) is 14.2 Å². The van der Waals surface area contributed by atoms with E-state index in [1.54, 1.807) is 21.3 Å². The minimum atomic E-state index is -0.130. The van der Waals surface area contributed by atoms with E-state index in [0.29, 0.717) is 5.56 Å². The van der Waals surface area contributed by atoms with Crippen LogP contribution in [0, 0.1) is 0 Å². The lowest BCUT2D eigenvalue weighted by Crippen LogP contribution is -2.46. The van der Waals surface area contributed by atoms with Gasteiger partial charge in [-0.15, -0.1) is 0 Å². The lowest BCUT2D eigenvalue weighted by molar-refractivity contribution is 0.0962. The Bertz CT molecular complexity index is 1030. The van der Waals surface area contributed by atoms with Crippen LogP contribution in [0.25, 0.3) is 0 Å². The van der Waals surface area contributed by atoms with Crippen LogP contribution in [0.5, 0.6) is 11.5 Å². The van der Waals surface area contributed by atoms with E-state index in [2.05, 4.69) is 40.5 Å². The van der Waals surface area contributed by atoms with Crippen molar-refractivity contribution in [3.8, 4) is 11.5 Å². The van der Waals surface area contributed by atoms with Crippen molar-refractivity contribution >= 4 is 5.91 Å². The molecule has 1 amide bonds. The van der Waals surface area contributed by atoms with Crippen LogP contribution in [0.2, 0.25) is 0 Å². The van der Waals surface area contributed by atoms with E-state index in [0.717, 1.165) is 49.5 Å². The summed E-state index contributed by atoms with van der Waals surface area (Å²) in [6.07, 6.45) is 2.16. The quantitative estimate of drug-likeness (QED) is 0.577. The third kappa shape index (κ3) is 4.88. The molecule has 5 nitrogen and oxygen atoms in total. The number of piperidine rings is 1. The van der Waals surface area contributed by atoms with Gasteiger partial charge in [0.15, 0.2) is 0 Å². The maximum Gasteiger partial charge on any atom is 0.251 e. The van der Waals surface area contributed by atoms with Crippen molar-refractivity contribution < 1.29 is 14.3 Å². The summed E-state index contributed by atoms with van der Waals surface area (Å²) in [6.45, 7) is 2.73. The molecule has 1 heterocycles. The Morgan fingerprint density at radius 2 is 1.55 bits per heavy atom. The van der Waals surface area contributed by atoms with Crippen molar-refractivity contribution in [2.24, 2.45) is 0 Å². The molecule has 0 saturated carbocycles. The average molecular weight is 445 g/mol. The minimum Gasteiger partial charge on any atom is -0.497 e. The van der Waals surface area contributed by atoms with Crippen LogP contribution in [-0.4, -0.2) is 45.2 Å². The van der Waals surface area contributed by atoms with Crippen molar-refractivity contribution in [3.05, 3.63) is 95.1 Å². The zero-order chi connectivity index (χ0) is 23.3. The van der Waals surface area contributed by atoms with Crippen molar-refractivity contribution in [2.75, 3.05) is 34.4 Å². The largest absolute Gasteiger partial charge is 0.497 e. The maximum absolute atomic E-state index is 12.1. The van der Waals surface area contributed by atoms with Gasteiger partial charge in [0.2, 0.25) is 0 Å². The summed E-state index contributed by atoms with van der Waals surface area (Å²) in [7, 11) is 5.06. The molecular weight excluding hydrogens is 412 g/mol. The topological polar surface area (TPSA) is 50.8 Å². The van der Waals surface area contributed by atoms with Crippen LogP contribution in [0.3, 0.4) is 0 Å². The van der Waals surface area contributed by atoms with Gasteiger partial charge >= 0.3 is 0 Å². The number of methoxy groups -OCH3 is 2. The Morgan fingerprint density at radius 1 is 0.939 bits per heavy atom. The number of benzene rings is 3. The highest BCUT2D eigenvalue weighted by Crippen LogP contribution is 2.41. The maximum atomic E-state index is 12.1. The molecule has 0 spiro atoms. The Kier molecular flexibility index (Phi) is 6.99. The summed E-state index contributed by atoms with van der Waals surface area (Å²) < 4.78 is 10.8. The monoisotopic (exact) mass is 444 g/mol.